The van der Waals surface area contributed by atoms with E-state index in [1.54, 1.807) is 18.2 Å². The maximum absolute atomic E-state index is 12.1. The van der Waals surface area contributed by atoms with Crippen LogP contribution in [0.1, 0.15) is 43.7 Å². The van der Waals surface area contributed by atoms with Gasteiger partial charge in [0, 0.05) is 29.2 Å². The summed E-state index contributed by atoms with van der Waals surface area (Å²) in [5.41, 5.74) is 15.1. The zero-order valence-electron chi connectivity index (χ0n) is 22.3. The van der Waals surface area contributed by atoms with Gasteiger partial charge in [0.25, 0.3) is 0 Å². The van der Waals surface area contributed by atoms with E-state index >= 15 is 0 Å². The molecule has 0 spiro atoms. The number of carboxylic acid groups (broad SMARTS) is 1. The van der Waals surface area contributed by atoms with Gasteiger partial charge in [-0.15, -0.1) is 0 Å². The van der Waals surface area contributed by atoms with E-state index in [0.29, 0.717) is 23.4 Å². The van der Waals surface area contributed by atoms with Crippen LogP contribution in [0.4, 0.5) is 0 Å². The van der Waals surface area contributed by atoms with E-state index in [-0.39, 0.29) is 11.4 Å². The number of aromatic nitrogens is 1. The first-order chi connectivity index (χ1) is 18.7. The third-order valence-electron chi connectivity index (χ3n) is 7.06. The normalized spacial score (nSPS) is 11.1. The van der Waals surface area contributed by atoms with Crippen LogP contribution in [0.3, 0.4) is 0 Å². The van der Waals surface area contributed by atoms with Crippen molar-refractivity contribution in [2.75, 3.05) is 7.11 Å². The summed E-state index contributed by atoms with van der Waals surface area (Å²) in [6, 6.07) is 25.5. The number of hydrogen-bond acceptors (Lipinski definition) is 3. The average Bonchev–Trinajstić information content (AvgIpc) is 3.24. The summed E-state index contributed by atoms with van der Waals surface area (Å²) in [6.45, 7) is 4.76. The highest BCUT2D eigenvalue weighted by atomic mass is 16.5. The number of nitrogens with two attached hydrogens (primary N) is 1. The van der Waals surface area contributed by atoms with Crippen LogP contribution in [-0.2, 0) is 13.0 Å². The Morgan fingerprint density at radius 3 is 2.36 bits per heavy atom. The summed E-state index contributed by atoms with van der Waals surface area (Å²) in [6.07, 6.45) is 2.91. The molecular weight excluding hydrogens is 486 g/mol. The van der Waals surface area contributed by atoms with Crippen LogP contribution in [0.25, 0.3) is 22.0 Å². The number of hydrogen-bond donors (Lipinski definition) is 3. The van der Waals surface area contributed by atoms with Crippen molar-refractivity contribution >= 4 is 22.7 Å². The predicted molar refractivity (Wildman–Crippen MR) is 156 cm³/mol. The van der Waals surface area contributed by atoms with Crippen molar-refractivity contribution in [2.45, 2.75) is 26.8 Å². The van der Waals surface area contributed by atoms with Crippen molar-refractivity contribution < 1.29 is 14.6 Å². The number of amidine groups is 1. The fourth-order valence-electron chi connectivity index (χ4n) is 5.37. The quantitative estimate of drug-likeness (QED) is 0.160. The molecule has 0 aliphatic rings. The summed E-state index contributed by atoms with van der Waals surface area (Å²) in [4.78, 5) is 12.1. The molecule has 1 heterocycles. The Hall–Kier alpha value is -4.84. The van der Waals surface area contributed by atoms with Crippen LogP contribution in [0, 0.1) is 19.3 Å². The number of ether oxygens (including phenoxy) is 1. The SMILES string of the molecule is COc1ccc(-c2ccccc2Cn2cc(Cc3cc(C)cc(C)c3)c3cc(C(=N)N)ccc32)c(C(=O)O)c1. The van der Waals surface area contributed by atoms with E-state index in [9.17, 15) is 9.90 Å². The Kier molecular flexibility index (Phi) is 6.94. The summed E-state index contributed by atoms with van der Waals surface area (Å²) >= 11 is 0. The summed E-state index contributed by atoms with van der Waals surface area (Å²) in [7, 11) is 1.53. The van der Waals surface area contributed by atoms with Gasteiger partial charge in [0.2, 0.25) is 0 Å². The third kappa shape index (κ3) is 5.27. The molecule has 0 aliphatic heterocycles. The van der Waals surface area contributed by atoms with E-state index in [1.807, 2.05) is 42.5 Å². The number of carbonyl (C=O) groups is 1. The zero-order valence-corrected chi connectivity index (χ0v) is 22.3. The molecule has 0 radical (unpaired) electrons. The number of nitrogens with one attached hydrogen (secondary N) is 1. The lowest BCUT2D eigenvalue weighted by atomic mass is 9.95. The topological polar surface area (TPSA) is 101 Å². The first-order valence-corrected chi connectivity index (χ1v) is 12.8. The lowest BCUT2D eigenvalue weighted by Gasteiger charge is -2.14. The Bertz CT molecular complexity index is 1710. The number of nitrogens with zero attached hydrogens (tertiary/aromatic N) is 1. The molecule has 4 aromatic carbocycles. The largest absolute Gasteiger partial charge is 0.497 e. The number of methoxy groups -OCH3 is 1. The van der Waals surface area contributed by atoms with Gasteiger partial charge in [-0.05, 0) is 84.5 Å². The summed E-state index contributed by atoms with van der Waals surface area (Å²) < 4.78 is 7.47. The number of nitrogen functional groups attached to an aromatic ring is 1. The van der Waals surface area contributed by atoms with Crippen molar-refractivity contribution in [2.24, 2.45) is 5.73 Å². The molecule has 6 nitrogen and oxygen atoms in total. The maximum Gasteiger partial charge on any atom is 0.336 e. The average molecular weight is 518 g/mol. The predicted octanol–water partition coefficient (Wildman–Crippen LogP) is 6.56. The second kappa shape index (κ2) is 10.5. The molecule has 5 rings (SSSR count). The highest BCUT2D eigenvalue weighted by molar-refractivity contribution is 6.00. The molecule has 0 aliphatic carbocycles. The van der Waals surface area contributed by atoms with Gasteiger partial charge in [-0.2, -0.15) is 0 Å². The molecule has 5 aromatic rings. The molecule has 6 heteroatoms. The minimum atomic E-state index is -1.00. The van der Waals surface area contributed by atoms with Gasteiger partial charge < -0.3 is 20.1 Å². The van der Waals surface area contributed by atoms with Crippen LogP contribution < -0.4 is 10.5 Å². The fraction of sp³-hybridized carbons (Fsp3) is 0.152. The first kappa shape index (κ1) is 25.8. The fourth-order valence-corrected chi connectivity index (χ4v) is 5.37. The molecule has 39 heavy (non-hydrogen) atoms. The zero-order chi connectivity index (χ0) is 27.7. The molecule has 0 atom stereocenters. The van der Waals surface area contributed by atoms with E-state index in [4.69, 9.17) is 15.9 Å². The molecular formula is C33H31N3O3. The van der Waals surface area contributed by atoms with Crippen LogP contribution in [0.5, 0.6) is 5.75 Å². The number of aromatic carboxylic acids is 1. The van der Waals surface area contributed by atoms with Gasteiger partial charge >= 0.3 is 5.97 Å². The Labute approximate surface area is 227 Å². The van der Waals surface area contributed by atoms with Crippen LogP contribution in [0.15, 0.2) is 85.1 Å². The minimum Gasteiger partial charge on any atom is -0.497 e. The van der Waals surface area contributed by atoms with E-state index in [0.717, 1.165) is 34.0 Å². The highest BCUT2D eigenvalue weighted by Crippen LogP contribution is 2.32. The van der Waals surface area contributed by atoms with Gasteiger partial charge in [0.05, 0.1) is 12.7 Å². The molecule has 0 unspecified atom stereocenters. The Morgan fingerprint density at radius 1 is 0.923 bits per heavy atom. The Morgan fingerprint density at radius 2 is 1.67 bits per heavy atom. The molecule has 0 saturated heterocycles. The molecule has 1 aromatic heterocycles. The van der Waals surface area contributed by atoms with Crippen molar-refractivity contribution in [3.8, 4) is 16.9 Å². The van der Waals surface area contributed by atoms with E-state index in [2.05, 4.69) is 42.8 Å². The van der Waals surface area contributed by atoms with Crippen molar-refractivity contribution in [1.29, 1.82) is 5.41 Å². The lowest BCUT2D eigenvalue weighted by molar-refractivity contribution is 0.0697. The first-order valence-electron chi connectivity index (χ1n) is 12.8. The third-order valence-corrected chi connectivity index (χ3v) is 7.06. The molecule has 0 bridgehead atoms. The monoisotopic (exact) mass is 517 g/mol. The molecule has 0 saturated carbocycles. The standard InChI is InChI=1S/C33H31N3O3/c1-20-12-21(2)14-22(13-20)15-25-19-36(31-11-8-23(32(34)35)16-29(25)31)18-24-6-4-5-7-27(24)28-10-9-26(39-3)17-30(28)33(37)38/h4-14,16-17,19H,15,18H2,1-3H3,(H3,34,35)(H,37,38). The van der Waals surface area contributed by atoms with Crippen molar-refractivity contribution in [3.63, 3.8) is 0 Å². The van der Waals surface area contributed by atoms with Crippen molar-refractivity contribution in [1.82, 2.24) is 4.57 Å². The molecule has 4 N–H and O–H groups in total. The molecule has 0 amide bonds. The van der Waals surface area contributed by atoms with E-state index in [1.165, 1.54) is 23.8 Å². The molecule has 0 fully saturated rings. The van der Waals surface area contributed by atoms with Gasteiger partial charge in [-0.1, -0.05) is 53.6 Å². The smallest absolute Gasteiger partial charge is 0.336 e. The van der Waals surface area contributed by atoms with Crippen LogP contribution in [-0.4, -0.2) is 28.6 Å². The number of fused-ring (bicyclic) bond motifs is 1. The van der Waals surface area contributed by atoms with E-state index < -0.39 is 5.97 Å². The minimum absolute atomic E-state index is 0.0352. The van der Waals surface area contributed by atoms with Crippen LogP contribution in [0.2, 0.25) is 0 Å². The molecule has 196 valence electrons. The summed E-state index contributed by atoms with van der Waals surface area (Å²) in [5.74, 6) is -0.465. The number of rotatable bonds is 8. The Balaban J connectivity index is 1.62. The second-order valence-electron chi connectivity index (χ2n) is 9.97. The highest BCUT2D eigenvalue weighted by Gasteiger charge is 2.17. The van der Waals surface area contributed by atoms with Gasteiger partial charge in [-0.25, -0.2) is 4.79 Å². The number of aryl methyl sites for hydroxylation is 2. The van der Waals surface area contributed by atoms with Crippen molar-refractivity contribution in [3.05, 3.63) is 124 Å². The van der Waals surface area contributed by atoms with Crippen LogP contribution >= 0.6 is 0 Å². The second-order valence-corrected chi connectivity index (χ2v) is 9.97. The number of carboxylic acids is 1. The summed E-state index contributed by atoms with van der Waals surface area (Å²) in [5, 5.41) is 19.0. The van der Waals surface area contributed by atoms with Gasteiger partial charge in [0.15, 0.2) is 0 Å². The van der Waals surface area contributed by atoms with Gasteiger partial charge in [0.1, 0.15) is 11.6 Å². The number of benzene rings is 4. The maximum atomic E-state index is 12.1. The van der Waals surface area contributed by atoms with Gasteiger partial charge in [-0.3, -0.25) is 5.41 Å². The lowest BCUT2D eigenvalue weighted by Crippen LogP contribution is -2.10.